The molecule has 1 unspecified atom stereocenters. The van der Waals surface area contributed by atoms with Crippen LogP contribution in [0.3, 0.4) is 0 Å². The van der Waals surface area contributed by atoms with Crippen molar-refractivity contribution < 1.29 is 15.0 Å². The highest BCUT2D eigenvalue weighted by atomic mass is 16.3. The van der Waals surface area contributed by atoms with Crippen molar-refractivity contribution in [3.63, 3.8) is 0 Å². The lowest BCUT2D eigenvalue weighted by Gasteiger charge is -2.30. The van der Waals surface area contributed by atoms with Gasteiger partial charge in [0.2, 0.25) is 0 Å². The highest BCUT2D eigenvalue weighted by Crippen LogP contribution is 2.21. The van der Waals surface area contributed by atoms with E-state index < -0.39 is 6.10 Å². The van der Waals surface area contributed by atoms with Gasteiger partial charge in [-0.3, -0.25) is 4.79 Å². The van der Waals surface area contributed by atoms with Gasteiger partial charge in [0, 0.05) is 25.3 Å². The summed E-state index contributed by atoms with van der Waals surface area (Å²) in [5.41, 5.74) is 3.37. The number of aliphatic hydroxyl groups is 2. The Hall–Kier alpha value is -2.37. The fourth-order valence-electron chi connectivity index (χ4n) is 3.09. The SMILES string of the molecule is O=C(c1ccccc1NCc1ccc(CO)cc1)N1CCCC(O)C1. The number of rotatable bonds is 5. The van der Waals surface area contributed by atoms with Gasteiger partial charge >= 0.3 is 0 Å². The van der Waals surface area contributed by atoms with Crippen molar-refractivity contribution in [3.8, 4) is 0 Å². The van der Waals surface area contributed by atoms with Gasteiger partial charge in [-0.05, 0) is 36.1 Å². The number of anilines is 1. The molecule has 2 aromatic rings. The molecular weight excluding hydrogens is 316 g/mol. The van der Waals surface area contributed by atoms with E-state index in [0.717, 1.165) is 29.7 Å². The summed E-state index contributed by atoms with van der Waals surface area (Å²) in [7, 11) is 0. The van der Waals surface area contributed by atoms with Crippen LogP contribution in [-0.2, 0) is 13.2 Å². The van der Waals surface area contributed by atoms with Crippen molar-refractivity contribution in [3.05, 3.63) is 65.2 Å². The van der Waals surface area contributed by atoms with Crippen molar-refractivity contribution in [1.82, 2.24) is 4.90 Å². The zero-order chi connectivity index (χ0) is 17.6. The molecule has 132 valence electrons. The Morgan fingerprint density at radius 1 is 1.12 bits per heavy atom. The summed E-state index contributed by atoms with van der Waals surface area (Å²) < 4.78 is 0. The molecule has 2 aromatic carbocycles. The van der Waals surface area contributed by atoms with Gasteiger partial charge in [-0.1, -0.05) is 36.4 Å². The number of amides is 1. The Labute approximate surface area is 147 Å². The number of benzene rings is 2. The van der Waals surface area contributed by atoms with Crippen molar-refractivity contribution in [2.75, 3.05) is 18.4 Å². The van der Waals surface area contributed by atoms with E-state index >= 15 is 0 Å². The zero-order valence-electron chi connectivity index (χ0n) is 14.2. The van der Waals surface area contributed by atoms with Gasteiger partial charge in [0.15, 0.2) is 0 Å². The molecule has 0 saturated carbocycles. The number of likely N-dealkylation sites (tertiary alicyclic amines) is 1. The van der Waals surface area contributed by atoms with Crippen LogP contribution in [0.2, 0.25) is 0 Å². The van der Waals surface area contributed by atoms with E-state index in [9.17, 15) is 9.90 Å². The van der Waals surface area contributed by atoms with Gasteiger partial charge < -0.3 is 20.4 Å². The third-order valence-corrected chi connectivity index (χ3v) is 4.53. The van der Waals surface area contributed by atoms with Gasteiger partial charge in [-0.2, -0.15) is 0 Å². The van der Waals surface area contributed by atoms with E-state index in [1.54, 1.807) is 4.90 Å². The summed E-state index contributed by atoms with van der Waals surface area (Å²) in [4.78, 5) is 14.5. The molecule has 1 aliphatic rings. The minimum absolute atomic E-state index is 0.0345. The first-order valence-electron chi connectivity index (χ1n) is 8.66. The van der Waals surface area contributed by atoms with Crippen LogP contribution in [-0.4, -0.2) is 40.2 Å². The molecule has 0 aliphatic carbocycles. The van der Waals surface area contributed by atoms with Crippen molar-refractivity contribution in [2.45, 2.75) is 32.1 Å². The topological polar surface area (TPSA) is 72.8 Å². The first kappa shape index (κ1) is 17.5. The molecular formula is C20H24N2O3. The quantitative estimate of drug-likeness (QED) is 0.781. The van der Waals surface area contributed by atoms with E-state index in [0.29, 0.717) is 25.2 Å². The van der Waals surface area contributed by atoms with Crippen LogP contribution in [0.1, 0.15) is 34.3 Å². The summed E-state index contributed by atoms with van der Waals surface area (Å²) in [6.07, 6.45) is 1.16. The maximum atomic E-state index is 12.8. The second-order valence-corrected chi connectivity index (χ2v) is 6.42. The van der Waals surface area contributed by atoms with Crippen LogP contribution in [0.15, 0.2) is 48.5 Å². The molecule has 3 N–H and O–H groups in total. The molecule has 5 nitrogen and oxygen atoms in total. The van der Waals surface area contributed by atoms with Gasteiger partial charge in [0.25, 0.3) is 5.91 Å². The molecule has 0 spiro atoms. The van der Waals surface area contributed by atoms with E-state index in [-0.39, 0.29) is 12.5 Å². The van der Waals surface area contributed by atoms with E-state index in [4.69, 9.17) is 5.11 Å². The second kappa shape index (κ2) is 8.14. The summed E-state index contributed by atoms with van der Waals surface area (Å²) in [6.45, 7) is 1.72. The smallest absolute Gasteiger partial charge is 0.256 e. The summed E-state index contributed by atoms with van der Waals surface area (Å²) >= 11 is 0. The molecule has 1 heterocycles. The molecule has 0 bridgehead atoms. The number of hydrogen-bond acceptors (Lipinski definition) is 4. The Kier molecular flexibility index (Phi) is 5.68. The van der Waals surface area contributed by atoms with Crippen molar-refractivity contribution in [1.29, 1.82) is 0 Å². The van der Waals surface area contributed by atoms with Gasteiger partial charge in [-0.15, -0.1) is 0 Å². The number of piperidine rings is 1. The molecule has 1 amide bonds. The highest BCUT2D eigenvalue weighted by molar-refractivity contribution is 5.99. The molecule has 1 saturated heterocycles. The lowest BCUT2D eigenvalue weighted by atomic mass is 10.1. The molecule has 0 radical (unpaired) electrons. The standard InChI is InChI=1S/C20H24N2O3/c23-14-16-9-7-15(8-10-16)12-21-19-6-2-1-5-18(19)20(25)22-11-3-4-17(24)13-22/h1-2,5-10,17,21,23-24H,3-4,11-14H2. The molecule has 1 fully saturated rings. The largest absolute Gasteiger partial charge is 0.392 e. The fraction of sp³-hybridized carbons (Fsp3) is 0.350. The predicted molar refractivity (Wildman–Crippen MR) is 97.3 cm³/mol. The molecule has 0 aromatic heterocycles. The summed E-state index contributed by atoms with van der Waals surface area (Å²) in [6, 6.07) is 15.2. The Morgan fingerprint density at radius 3 is 2.56 bits per heavy atom. The lowest BCUT2D eigenvalue weighted by Crippen LogP contribution is -2.42. The molecule has 1 atom stereocenters. The first-order valence-corrected chi connectivity index (χ1v) is 8.66. The molecule has 25 heavy (non-hydrogen) atoms. The Morgan fingerprint density at radius 2 is 1.84 bits per heavy atom. The van der Waals surface area contributed by atoms with Crippen LogP contribution >= 0.6 is 0 Å². The number of nitrogens with zero attached hydrogens (tertiary/aromatic N) is 1. The summed E-state index contributed by atoms with van der Waals surface area (Å²) in [5.74, 6) is -0.0440. The third kappa shape index (κ3) is 4.38. The number of hydrogen-bond donors (Lipinski definition) is 3. The minimum atomic E-state index is -0.428. The van der Waals surface area contributed by atoms with E-state index in [2.05, 4.69) is 5.32 Å². The van der Waals surface area contributed by atoms with Crippen LogP contribution in [0, 0.1) is 0 Å². The van der Waals surface area contributed by atoms with Crippen LogP contribution in [0.5, 0.6) is 0 Å². The predicted octanol–water partition coefficient (Wildman–Crippen LogP) is 2.39. The number of carbonyl (C=O) groups excluding carboxylic acids is 1. The van der Waals surface area contributed by atoms with Gasteiger partial charge in [0.05, 0.1) is 18.3 Å². The normalized spacial score (nSPS) is 17.4. The van der Waals surface area contributed by atoms with Gasteiger partial charge in [0.1, 0.15) is 0 Å². The van der Waals surface area contributed by atoms with E-state index in [1.807, 2.05) is 48.5 Å². The number of carbonyl (C=O) groups is 1. The van der Waals surface area contributed by atoms with Crippen molar-refractivity contribution in [2.24, 2.45) is 0 Å². The van der Waals surface area contributed by atoms with Crippen molar-refractivity contribution >= 4 is 11.6 Å². The third-order valence-electron chi connectivity index (χ3n) is 4.53. The van der Waals surface area contributed by atoms with E-state index in [1.165, 1.54) is 0 Å². The highest BCUT2D eigenvalue weighted by Gasteiger charge is 2.24. The summed E-state index contributed by atoms with van der Waals surface area (Å²) in [5, 5.41) is 22.2. The Balaban J connectivity index is 1.70. The second-order valence-electron chi connectivity index (χ2n) is 6.42. The maximum absolute atomic E-state index is 12.8. The van der Waals surface area contributed by atoms with Crippen LogP contribution < -0.4 is 5.32 Å². The lowest BCUT2D eigenvalue weighted by molar-refractivity contribution is 0.0474. The number of β-amino-alcohol motifs (C(OH)–C–C–N with tert-alkyl or cyclic N) is 1. The molecule has 3 rings (SSSR count). The molecule has 5 heteroatoms. The minimum Gasteiger partial charge on any atom is -0.392 e. The monoisotopic (exact) mass is 340 g/mol. The number of nitrogens with one attached hydrogen (secondary N) is 1. The first-order chi connectivity index (χ1) is 12.2. The Bertz CT molecular complexity index is 715. The van der Waals surface area contributed by atoms with Gasteiger partial charge in [-0.25, -0.2) is 0 Å². The average Bonchev–Trinajstić information content (AvgIpc) is 2.66. The number of aliphatic hydroxyl groups excluding tert-OH is 2. The van der Waals surface area contributed by atoms with Crippen LogP contribution in [0.4, 0.5) is 5.69 Å². The zero-order valence-corrected chi connectivity index (χ0v) is 14.2. The fourth-order valence-corrected chi connectivity index (χ4v) is 3.09. The maximum Gasteiger partial charge on any atom is 0.256 e. The average molecular weight is 340 g/mol. The number of para-hydroxylation sites is 1. The molecule has 1 aliphatic heterocycles. The van der Waals surface area contributed by atoms with Crippen LogP contribution in [0.25, 0.3) is 0 Å².